The van der Waals surface area contributed by atoms with E-state index in [4.69, 9.17) is 0 Å². The van der Waals surface area contributed by atoms with E-state index in [1.165, 1.54) is 24.3 Å². The van der Waals surface area contributed by atoms with Crippen LogP contribution >= 0.6 is 0 Å². The summed E-state index contributed by atoms with van der Waals surface area (Å²) in [7, 11) is -3.42. The molecule has 0 bridgehead atoms. The molecule has 0 aliphatic carbocycles. The molecule has 0 aromatic heterocycles. The van der Waals surface area contributed by atoms with E-state index in [2.05, 4.69) is 11.6 Å². The summed E-state index contributed by atoms with van der Waals surface area (Å²) < 4.78 is 26.7. The first-order valence-electron chi connectivity index (χ1n) is 7.07. The van der Waals surface area contributed by atoms with Crippen LogP contribution in [0.1, 0.15) is 45.1 Å². The molecule has 6 nitrogen and oxygen atoms in total. The van der Waals surface area contributed by atoms with Gasteiger partial charge in [0.1, 0.15) is 0 Å². The third-order valence-electron chi connectivity index (χ3n) is 3.13. The van der Waals surface area contributed by atoms with Crippen molar-refractivity contribution in [3.05, 3.63) is 39.9 Å². The molecule has 7 heteroatoms. The summed E-state index contributed by atoms with van der Waals surface area (Å²) in [6.45, 7) is 3.95. The highest BCUT2D eigenvalue weighted by Gasteiger charge is 2.15. The molecule has 0 aliphatic rings. The molecule has 1 aromatic carbocycles. The zero-order valence-electron chi connectivity index (χ0n) is 12.4. The van der Waals surface area contributed by atoms with Crippen molar-refractivity contribution >= 4 is 15.7 Å². The van der Waals surface area contributed by atoms with Crippen molar-refractivity contribution in [3.63, 3.8) is 0 Å². The molecule has 0 saturated heterocycles. The van der Waals surface area contributed by atoms with Gasteiger partial charge in [-0.2, -0.15) is 0 Å². The summed E-state index contributed by atoms with van der Waals surface area (Å²) in [4.78, 5) is 10.0. The average Bonchev–Trinajstić information content (AvgIpc) is 2.38. The fourth-order valence-electron chi connectivity index (χ4n) is 2.04. The average molecular weight is 314 g/mol. The summed E-state index contributed by atoms with van der Waals surface area (Å²) in [5.41, 5.74) is 0.492. The monoisotopic (exact) mass is 314 g/mol. The van der Waals surface area contributed by atoms with E-state index in [1.807, 2.05) is 6.92 Å². The SMILES string of the molecule is CCCCC[C@H](C)NS(=O)(=O)Cc1ccc([N+](=O)[O-])cc1. The summed E-state index contributed by atoms with van der Waals surface area (Å²) in [5, 5.41) is 10.5. The zero-order valence-corrected chi connectivity index (χ0v) is 13.2. The number of hydrogen-bond acceptors (Lipinski definition) is 4. The Kier molecular flexibility index (Phi) is 6.77. The predicted octanol–water partition coefficient (Wildman–Crippen LogP) is 2.98. The Labute approximate surface area is 125 Å². The minimum atomic E-state index is -3.42. The second-order valence-electron chi connectivity index (χ2n) is 5.20. The number of nitrogens with one attached hydrogen (secondary N) is 1. The topological polar surface area (TPSA) is 89.3 Å². The van der Waals surface area contributed by atoms with Gasteiger partial charge in [-0.15, -0.1) is 0 Å². The van der Waals surface area contributed by atoms with E-state index in [0.29, 0.717) is 5.56 Å². The summed E-state index contributed by atoms with van der Waals surface area (Å²) in [6.07, 6.45) is 4.00. The van der Waals surface area contributed by atoms with Crippen molar-refractivity contribution < 1.29 is 13.3 Å². The van der Waals surface area contributed by atoms with E-state index in [-0.39, 0.29) is 17.5 Å². The lowest BCUT2D eigenvalue weighted by Crippen LogP contribution is -2.33. The lowest BCUT2D eigenvalue weighted by Gasteiger charge is -2.14. The standard InChI is InChI=1S/C14H22N2O4S/c1-3-4-5-6-12(2)15-21(19,20)11-13-7-9-14(10-8-13)16(17)18/h7-10,12,15H,3-6,11H2,1-2H3/t12-/m0/s1. The van der Waals surface area contributed by atoms with Crippen molar-refractivity contribution in [2.45, 2.75) is 51.3 Å². The lowest BCUT2D eigenvalue weighted by molar-refractivity contribution is -0.384. The Balaban J connectivity index is 2.57. The Morgan fingerprint density at radius 2 is 1.86 bits per heavy atom. The molecule has 0 aliphatic heterocycles. The minimum absolute atomic E-state index is 0.0444. The van der Waals surface area contributed by atoms with Gasteiger partial charge in [0, 0.05) is 18.2 Å². The molecule has 0 unspecified atom stereocenters. The summed E-state index contributed by atoms with van der Waals surface area (Å²) in [6, 6.07) is 5.48. The van der Waals surface area contributed by atoms with Gasteiger partial charge in [-0.3, -0.25) is 10.1 Å². The fraction of sp³-hybridized carbons (Fsp3) is 0.571. The van der Waals surface area contributed by atoms with Gasteiger partial charge < -0.3 is 0 Å². The number of sulfonamides is 1. The van der Waals surface area contributed by atoms with Crippen LogP contribution in [-0.4, -0.2) is 19.4 Å². The van der Waals surface area contributed by atoms with Crippen molar-refractivity contribution in [2.75, 3.05) is 0 Å². The lowest BCUT2D eigenvalue weighted by atomic mass is 10.1. The van der Waals surface area contributed by atoms with Crippen LogP contribution < -0.4 is 4.72 Å². The third-order valence-corrected chi connectivity index (χ3v) is 4.60. The highest BCUT2D eigenvalue weighted by atomic mass is 32.2. The van der Waals surface area contributed by atoms with Gasteiger partial charge >= 0.3 is 0 Å². The molecule has 0 fully saturated rings. The zero-order chi connectivity index (χ0) is 15.9. The number of rotatable bonds is 9. The van der Waals surface area contributed by atoms with Gasteiger partial charge in [0.2, 0.25) is 10.0 Å². The smallest absolute Gasteiger partial charge is 0.258 e. The molecule has 1 aromatic rings. The number of unbranched alkanes of at least 4 members (excludes halogenated alkanes) is 2. The Hall–Kier alpha value is -1.47. The summed E-state index contributed by atoms with van der Waals surface area (Å²) >= 11 is 0. The largest absolute Gasteiger partial charge is 0.269 e. The Bertz CT molecular complexity index is 555. The van der Waals surface area contributed by atoms with Crippen molar-refractivity contribution in [1.82, 2.24) is 4.72 Å². The molecule has 1 rings (SSSR count). The number of nitro benzene ring substituents is 1. The molecule has 0 amide bonds. The molecular weight excluding hydrogens is 292 g/mol. The maximum Gasteiger partial charge on any atom is 0.269 e. The van der Waals surface area contributed by atoms with Crippen LogP contribution in [0.2, 0.25) is 0 Å². The number of benzene rings is 1. The van der Waals surface area contributed by atoms with Crippen LogP contribution in [0.3, 0.4) is 0 Å². The molecule has 1 N–H and O–H groups in total. The van der Waals surface area contributed by atoms with E-state index in [9.17, 15) is 18.5 Å². The van der Waals surface area contributed by atoms with E-state index in [0.717, 1.165) is 25.7 Å². The molecule has 0 heterocycles. The van der Waals surface area contributed by atoms with E-state index >= 15 is 0 Å². The van der Waals surface area contributed by atoms with Gasteiger partial charge in [0.15, 0.2) is 0 Å². The van der Waals surface area contributed by atoms with Crippen molar-refractivity contribution in [1.29, 1.82) is 0 Å². The second kappa shape index (κ2) is 8.09. The first-order valence-corrected chi connectivity index (χ1v) is 8.72. The maximum atomic E-state index is 12.0. The fourth-order valence-corrected chi connectivity index (χ4v) is 3.49. The number of nitrogens with zero attached hydrogens (tertiary/aromatic N) is 1. The molecule has 0 spiro atoms. The van der Waals surface area contributed by atoms with Gasteiger partial charge in [0.05, 0.1) is 10.7 Å². The predicted molar refractivity (Wildman–Crippen MR) is 82.5 cm³/mol. The quantitative estimate of drug-likeness (QED) is 0.431. The minimum Gasteiger partial charge on any atom is -0.258 e. The normalized spacial score (nSPS) is 13.0. The molecular formula is C14H22N2O4S. The van der Waals surface area contributed by atoms with Gasteiger partial charge in [0.25, 0.3) is 5.69 Å². The van der Waals surface area contributed by atoms with Gasteiger partial charge in [-0.25, -0.2) is 13.1 Å². The number of non-ortho nitro benzene ring substituents is 1. The van der Waals surface area contributed by atoms with Crippen LogP contribution in [0.25, 0.3) is 0 Å². The number of nitro groups is 1. The third kappa shape index (κ3) is 6.68. The van der Waals surface area contributed by atoms with Crippen molar-refractivity contribution in [3.8, 4) is 0 Å². The van der Waals surface area contributed by atoms with Gasteiger partial charge in [-0.05, 0) is 18.9 Å². The van der Waals surface area contributed by atoms with Crippen LogP contribution in [-0.2, 0) is 15.8 Å². The Morgan fingerprint density at radius 3 is 2.38 bits per heavy atom. The van der Waals surface area contributed by atoms with E-state index in [1.54, 1.807) is 0 Å². The van der Waals surface area contributed by atoms with Crippen LogP contribution in [0, 0.1) is 10.1 Å². The van der Waals surface area contributed by atoms with Crippen LogP contribution in [0.4, 0.5) is 5.69 Å². The summed E-state index contributed by atoms with van der Waals surface area (Å²) in [5.74, 6) is -0.164. The Morgan fingerprint density at radius 1 is 1.24 bits per heavy atom. The first-order chi connectivity index (χ1) is 9.84. The van der Waals surface area contributed by atoms with Crippen LogP contribution in [0.5, 0.6) is 0 Å². The van der Waals surface area contributed by atoms with Crippen LogP contribution in [0.15, 0.2) is 24.3 Å². The highest BCUT2D eigenvalue weighted by molar-refractivity contribution is 7.88. The molecule has 0 radical (unpaired) electrons. The second-order valence-corrected chi connectivity index (χ2v) is 6.95. The van der Waals surface area contributed by atoms with Crippen molar-refractivity contribution in [2.24, 2.45) is 0 Å². The number of hydrogen-bond donors (Lipinski definition) is 1. The first kappa shape index (κ1) is 17.6. The van der Waals surface area contributed by atoms with Gasteiger partial charge in [-0.1, -0.05) is 38.3 Å². The van der Waals surface area contributed by atoms with E-state index < -0.39 is 14.9 Å². The molecule has 118 valence electrons. The molecule has 0 saturated carbocycles. The highest BCUT2D eigenvalue weighted by Crippen LogP contribution is 2.14. The molecule has 21 heavy (non-hydrogen) atoms. The maximum absolute atomic E-state index is 12.0. The molecule has 1 atom stereocenters.